The van der Waals surface area contributed by atoms with E-state index in [0.29, 0.717) is 36.9 Å². The Labute approximate surface area is 203 Å². The molecule has 2 aromatic rings. The van der Waals surface area contributed by atoms with Gasteiger partial charge in [-0.3, -0.25) is 19.2 Å². The van der Waals surface area contributed by atoms with Gasteiger partial charge in [-0.15, -0.1) is 0 Å². The van der Waals surface area contributed by atoms with Crippen LogP contribution in [0.25, 0.3) is 10.9 Å². The number of H-pyrrole nitrogens is 1. The molecule has 3 amide bonds. The molecule has 0 saturated carbocycles. The molecule has 0 bridgehead atoms. The van der Waals surface area contributed by atoms with Gasteiger partial charge < -0.3 is 30.5 Å². The highest BCUT2D eigenvalue weighted by molar-refractivity contribution is 6.02. The van der Waals surface area contributed by atoms with E-state index < -0.39 is 35.6 Å². The first-order valence-electron chi connectivity index (χ1n) is 11.7. The number of carbonyl (C=O) groups is 5. The van der Waals surface area contributed by atoms with Gasteiger partial charge in [0.05, 0.1) is 19.6 Å². The van der Waals surface area contributed by atoms with Gasteiger partial charge in [0.15, 0.2) is 5.78 Å². The van der Waals surface area contributed by atoms with Crippen molar-refractivity contribution in [2.24, 2.45) is 11.8 Å². The summed E-state index contributed by atoms with van der Waals surface area (Å²) in [6.45, 7) is 4.34. The maximum absolute atomic E-state index is 13.2. The molecule has 1 aliphatic heterocycles. The Bertz CT molecular complexity index is 1110. The normalized spacial score (nSPS) is 17.0. The summed E-state index contributed by atoms with van der Waals surface area (Å²) < 4.78 is 5.34. The van der Waals surface area contributed by atoms with Gasteiger partial charge in [-0.2, -0.15) is 0 Å². The number of aldehydes is 1. The van der Waals surface area contributed by atoms with Crippen LogP contribution in [0.5, 0.6) is 5.75 Å². The highest BCUT2D eigenvalue weighted by atomic mass is 16.5. The van der Waals surface area contributed by atoms with Crippen LogP contribution < -0.4 is 20.7 Å². The average molecular weight is 485 g/mol. The first-order chi connectivity index (χ1) is 16.7. The largest absolute Gasteiger partial charge is 0.496 e. The fourth-order valence-corrected chi connectivity index (χ4v) is 4.29. The van der Waals surface area contributed by atoms with E-state index in [0.717, 1.165) is 5.39 Å². The van der Waals surface area contributed by atoms with E-state index >= 15 is 0 Å². The van der Waals surface area contributed by atoms with Crippen molar-refractivity contribution < 1.29 is 28.7 Å². The van der Waals surface area contributed by atoms with E-state index in [1.54, 1.807) is 25.3 Å². The highest BCUT2D eigenvalue weighted by Gasteiger charge is 2.33. The zero-order valence-corrected chi connectivity index (χ0v) is 20.2. The lowest BCUT2D eigenvalue weighted by molar-refractivity contribution is -0.131. The lowest BCUT2D eigenvalue weighted by Gasteiger charge is -2.24. The maximum Gasteiger partial charge on any atom is 0.268 e. The fraction of sp³-hybridized carbons (Fsp3) is 0.480. The zero-order chi connectivity index (χ0) is 25.5. The predicted octanol–water partition coefficient (Wildman–Crippen LogP) is 1.49. The lowest BCUT2D eigenvalue weighted by Crippen LogP contribution is -2.52. The number of rotatable bonds is 12. The monoisotopic (exact) mass is 484 g/mol. The van der Waals surface area contributed by atoms with Gasteiger partial charge >= 0.3 is 0 Å². The van der Waals surface area contributed by atoms with Crippen LogP contribution in [0.4, 0.5) is 0 Å². The van der Waals surface area contributed by atoms with Gasteiger partial charge in [-0.25, -0.2) is 0 Å². The fourth-order valence-electron chi connectivity index (χ4n) is 4.29. The van der Waals surface area contributed by atoms with Gasteiger partial charge in [0.2, 0.25) is 11.8 Å². The second-order valence-corrected chi connectivity index (χ2v) is 9.17. The molecule has 10 heteroatoms. The van der Waals surface area contributed by atoms with Gasteiger partial charge in [0, 0.05) is 23.4 Å². The number of carbonyl (C=O) groups excluding carboxylic acids is 5. The molecule has 1 fully saturated rings. The Balaban J connectivity index is 1.77. The summed E-state index contributed by atoms with van der Waals surface area (Å²) in [7, 11) is 1.54. The van der Waals surface area contributed by atoms with Crippen molar-refractivity contribution in [1.82, 2.24) is 20.9 Å². The van der Waals surface area contributed by atoms with Crippen molar-refractivity contribution >= 4 is 40.7 Å². The third-order valence-corrected chi connectivity index (χ3v) is 6.09. The summed E-state index contributed by atoms with van der Waals surface area (Å²) in [6.07, 6.45) is 1.11. The number of hydrogen-bond acceptors (Lipinski definition) is 6. The van der Waals surface area contributed by atoms with E-state index in [4.69, 9.17) is 4.74 Å². The van der Waals surface area contributed by atoms with Crippen LogP contribution in [0.3, 0.4) is 0 Å². The van der Waals surface area contributed by atoms with Crippen molar-refractivity contribution in [3.8, 4) is 5.75 Å². The predicted molar refractivity (Wildman–Crippen MR) is 129 cm³/mol. The molecule has 188 valence electrons. The summed E-state index contributed by atoms with van der Waals surface area (Å²) in [4.78, 5) is 64.7. The quantitative estimate of drug-likeness (QED) is 0.265. The first kappa shape index (κ1) is 25.9. The number of benzene rings is 1. The molecule has 10 nitrogen and oxygen atoms in total. The van der Waals surface area contributed by atoms with Crippen molar-refractivity contribution in [1.29, 1.82) is 0 Å². The molecule has 0 spiro atoms. The second-order valence-electron chi connectivity index (χ2n) is 9.17. The van der Waals surface area contributed by atoms with Crippen molar-refractivity contribution in [3.05, 3.63) is 30.0 Å². The molecule has 1 aromatic carbocycles. The number of aromatic amines is 1. The van der Waals surface area contributed by atoms with Gasteiger partial charge in [-0.05, 0) is 43.4 Å². The number of ketones is 1. The molecule has 4 N–H and O–H groups in total. The number of amides is 3. The van der Waals surface area contributed by atoms with Gasteiger partial charge in [0.1, 0.15) is 23.8 Å². The summed E-state index contributed by atoms with van der Waals surface area (Å²) in [5, 5.41) is 8.89. The summed E-state index contributed by atoms with van der Waals surface area (Å²) in [5.74, 6) is -1.40. The Morgan fingerprint density at radius 1 is 1.20 bits per heavy atom. The van der Waals surface area contributed by atoms with Crippen molar-refractivity contribution in [2.75, 3.05) is 13.7 Å². The number of nitrogens with one attached hydrogen (secondary N) is 4. The number of aromatic nitrogens is 1. The zero-order valence-electron chi connectivity index (χ0n) is 20.2. The number of ether oxygens (including phenoxy) is 1. The molecule has 0 radical (unpaired) electrons. The van der Waals surface area contributed by atoms with Crippen LogP contribution in [-0.4, -0.2) is 60.5 Å². The molecular formula is C25H32N4O6. The second kappa shape index (κ2) is 11.6. The van der Waals surface area contributed by atoms with E-state index in [1.807, 2.05) is 19.9 Å². The Morgan fingerprint density at radius 3 is 2.60 bits per heavy atom. The molecular weight excluding hydrogens is 452 g/mol. The third kappa shape index (κ3) is 6.46. The third-order valence-electron chi connectivity index (χ3n) is 6.09. The number of hydrogen-bond donors (Lipinski definition) is 4. The summed E-state index contributed by atoms with van der Waals surface area (Å²) in [6, 6.07) is 5.15. The molecule has 1 aliphatic rings. The topological polar surface area (TPSA) is 146 Å². The van der Waals surface area contributed by atoms with Crippen LogP contribution >= 0.6 is 0 Å². The molecule has 1 saturated heterocycles. The number of fused-ring (bicyclic) bond motifs is 1. The molecule has 1 aromatic heterocycles. The molecule has 35 heavy (non-hydrogen) atoms. The molecule has 2 heterocycles. The van der Waals surface area contributed by atoms with Crippen molar-refractivity contribution in [3.63, 3.8) is 0 Å². The minimum absolute atomic E-state index is 0.0681. The lowest BCUT2D eigenvalue weighted by atomic mass is 9.94. The average Bonchev–Trinajstić information content (AvgIpc) is 3.43. The van der Waals surface area contributed by atoms with Crippen LogP contribution in [0.15, 0.2) is 24.3 Å². The molecule has 0 unspecified atom stereocenters. The SMILES string of the molecule is COc1cccc2[nH]c(C(=O)N[C@@H](CC(C)C)C(=O)N[C@@H](C[C@@H]3CCNC3=O)C(=O)CC=O)cc12. The summed E-state index contributed by atoms with van der Waals surface area (Å²) >= 11 is 0. The minimum Gasteiger partial charge on any atom is -0.496 e. The van der Waals surface area contributed by atoms with Gasteiger partial charge in [0.25, 0.3) is 5.91 Å². The summed E-state index contributed by atoms with van der Waals surface area (Å²) in [5.41, 5.74) is 0.982. The van der Waals surface area contributed by atoms with E-state index in [1.165, 1.54) is 0 Å². The van der Waals surface area contributed by atoms with E-state index in [-0.39, 0.29) is 30.4 Å². The standard InChI is InChI=1S/C25H32N4O6/c1-14(2)11-19(29-25(34)20-13-16-17(27-20)5-4-6-22(16)35-3)24(33)28-18(21(31)8-10-30)12-15-7-9-26-23(15)32/h4-6,10,13-15,18-19,27H,7-9,11-12H2,1-3H3,(H,26,32)(H,28,33)(H,29,34)/t15-,18-,19-/m0/s1. The Kier molecular flexibility index (Phi) is 8.62. The van der Waals surface area contributed by atoms with Crippen LogP contribution in [0, 0.1) is 11.8 Å². The van der Waals surface area contributed by atoms with Crippen molar-refractivity contribution in [2.45, 2.75) is 51.6 Å². The maximum atomic E-state index is 13.2. The smallest absolute Gasteiger partial charge is 0.268 e. The molecule has 3 rings (SSSR count). The number of Topliss-reactive ketones (excluding diaryl/α,β-unsaturated/α-hetero) is 1. The van der Waals surface area contributed by atoms with Crippen LogP contribution in [0.1, 0.15) is 50.0 Å². The van der Waals surface area contributed by atoms with Crippen LogP contribution in [0.2, 0.25) is 0 Å². The van der Waals surface area contributed by atoms with Crippen LogP contribution in [-0.2, 0) is 19.2 Å². The molecule has 3 atom stereocenters. The first-order valence-corrected chi connectivity index (χ1v) is 11.7. The minimum atomic E-state index is -0.995. The Morgan fingerprint density at radius 2 is 1.97 bits per heavy atom. The van der Waals surface area contributed by atoms with Gasteiger partial charge in [-0.1, -0.05) is 19.9 Å². The number of methoxy groups -OCH3 is 1. The van der Waals surface area contributed by atoms with E-state index in [9.17, 15) is 24.0 Å². The van der Waals surface area contributed by atoms with E-state index in [2.05, 4.69) is 20.9 Å². The highest BCUT2D eigenvalue weighted by Crippen LogP contribution is 2.26. The molecule has 0 aliphatic carbocycles. The Hall–Kier alpha value is -3.69.